The number of nitrogens with two attached hydrogens (primary N) is 3. The molecule has 0 saturated carbocycles. The molecule has 8 N–H and O–H groups in total. The highest BCUT2D eigenvalue weighted by Gasteiger charge is 2.46. The third kappa shape index (κ3) is 6.56. The van der Waals surface area contributed by atoms with Crippen LogP contribution in [0.2, 0.25) is 0 Å². The summed E-state index contributed by atoms with van der Waals surface area (Å²) >= 11 is 0. The van der Waals surface area contributed by atoms with Gasteiger partial charge in [-0.1, -0.05) is 91.0 Å². The topological polar surface area (TPSA) is 157 Å². The van der Waals surface area contributed by atoms with E-state index in [2.05, 4.69) is 10.3 Å². The Morgan fingerprint density at radius 1 is 0.833 bits per heavy atom. The molecule has 0 fully saturated rings. The lowest BCUT2D eigenvalue weighted by Gasteiger charge is -2.32. The summed E-state index contributed by atoms with van der Waals surface area (Å²) in [6, 6.07) is 26.8. The van der Waals surface area contributed by atoms with Gasteiger partial charge in [-0.05, 0) is 29.5 Å². The quantitative estimate of drug-likeness (QED) is 0.114. The summed E-state index contributed by atoms with van der Waals surface area (Å²) in [5.41, 5.74) is 17.8. The first-order chi connectivity index (χ1) is 17.4. The van der Waals surface area contributed by atoms with Gasteiger partial charge in [0.15, 0.2) is 17.3 Å². The molecule has 0 aliphatic rings. The lowest BCUT2D eigenvalue weighted by atomic mass is 9.76. The third-order valence-corrected chi connectivity index (χ3v) is 6.09. The second-order valence-corrected chi connectivity index (χ2v) is 8.62. The number of nitrogens with one attached hydrogen (secondary N) is 1. The Bertz CT molecular complexity index is 1110. The third-order valence-electron chi connectivity index (χ3n) is 6.09. The van der Waals surface area contributed by atoms with Crippen LogP contribution in [0.15, 0.2) is 96.0 Å². The molecule has 0 aliphatic carbocycles. The van der Waals surface area contributed by atoms with Gasteiger partial charge >= 0.3 is 0 Å². The maximum absolute atomic E-state index is 14.2. The predicted octanol–water partition coefficient (Wildman–Crippen LogP) is 1.99. The summed E-state index contributed by atoms with van der Waals surface area (Å²) in [6.07, 6.45) is 0.316. The highest BCUT2D eigenvalue weighted by molar-refractivity contribution is 6.14. The van der Waals surface area contributed by atoms with Crippen molar-refractivity contribution in [1.29, 1.82) is 0 Å². The first-order valence-corrected chi connectivity index (χ1v) is 11.8. The normalized spacial score (nSPS) is 13.4. The van der Waals surface area contributed by atoms with Crippen molar-refractivity contribution in [2.24, 2.45) is 22.2 Å². The number of benzene rings is 3. The standard InChI is InChI=1S/C28H33N5O3/c29-27(30)32-18-10-17-28(31,26(36)33-23(19-34)20-11-4-1-5-12-20)25(35)24(21-13-6-2-7-14-21)22-15-8-3-9-16-22/h1-9,11-16,23-24,34H,10,17-19,31H2,(H,33,36)(H4,29,30,32)/t23?,28-/m0/s1. The minimum atomic E-state index is -1.91. The molecule has 0 aromatic heterocycles. The largest absolute Gasteiger partial charge is 0.394 e. The van der Waals surface area contributed by atoms with Gasteiger partial charge in [-0.3, -0.25) is 14.6 Å². The Morgan fingerprint density at radius 2 is 1.31 bits per heavy atom. The lowest BCUT2D eigenvalue weighted by molar-refractivity contribution is -0.137. The summed E-state index contributed by atoms with van der Waals surface area (Å²) < 4.78 is 0. The van der Waals surface area contributed by atoms with Crippen LogP contribution in [0.3, 0.4) is 0 Å². The van der Waals surface area contributed by atoms with Crippen LogP contribution in [-0.4, -0.2) is 41.4 Å². The molecule has 0 spiro atoms. The number of hydrogen-bond acceptors (Lipinski definition) is 5. The van der Waals surface area contributed by atoms with E-state index in [1.165, 1.54) is 0 Å². The zero-order valence-corrected chi connectivity index (χ0v) is 20.1. The predicted molar refractivity (Wildman–Crippen MR) is 141 cm³/mol. The Balaban J connectivity index is 1.99. The first-order valence-electron chi connectivity index (χ1n) is 11.8. The average Bonchev–Trinajstić information content (AvgIpc) is 2.91. The van der Waals surface area contributed by atoms with Crippen LogP contribution >= 0.6 is 0 Å². The van der Waals surface area contributed by atoms with E-state index >= 15 is 0 Å². The van der Waals surface area contributed by atoms with Crippen LogP contribution in [0.5, 0.6) is 0 Å². The Labute approximate surface area is 211 Å². The van der Waals surface area contributed by atoms with E-state index in [4.69, 9.17) is 17.2 Å². The highest BCUT2D eigenvalue weighted by atomic mass is 16.3. The fraction of sp³-hybridized carbons (Fsp3) is 0.250. The number of rotatable bonds is 12. The van der Waals surface area contributed by atoms with E-state index < -0.39 is 29.2 Å². The lowest BCUT2D eigenvalue weighted by Crippen LogP contribution is -2.61. The van der Waals surface area contributed by atoms with Gasteiger partial charge in [-0.15, -0.1) is 0 Å². The van der Waals surface area contributed by atoms with Crippen molar-refractivity contribution >= 4 is 17.6 Å². The van der Waals surface area contributed by atoms with Crippen LogP contribution < -0.4 is 22.5 Å². The van der Waals surface area contributed by atoms with Crippen LogP contribution in [0.4, 0.5) is 0 Å². The molecule has 0 saturated heterocycles. The number of hydrogen-bond donors (Lipinski definition) is 5. The summed E-state index contributed by atoms with van der Waals surface area (Å²) in [5, 5.41) is 12.8. The molecule has 8 heteroatoms. The van der Waals surface area contributed by atoms with Crippen molar-refractivity contribution in [1.82, 2.24) is 5.32 Å². The van der Waals surface area contributed by atoms with Crippen molar-refractivity contribution in [2.75, 3.05) is 13.2 Å². The second kappa shape index (κ2) is 12.6. The molecule has 188 valence electrons. The molecule has 0 radical (unpaired) electrons. The van der Waals surface area contributed by atoms with Gasteiger partial charge in [0, 0.05) is 6.54 Å². The molecule has 0 heterocycles. The molecule has 8 nitrogen and oxygen atoms in total. The molecule has 0 bridgehead atoms. The van der Waals surface area contributed by atoms with E-state index in [0.717, 1.165) is 11.1 Å². The molecule has 1 unspecified atom stereocenters. The van der Waals surface area contributed by atoms with Gasteiger partial charge in [-0.2, -0.15) is 0 Å². The van der Waals surface area contributed by atoms with Crippen molar-refractivity contribution in [3.8, 4) is 0 Å². The van der Waals surface area contributed by atoms with Crippen LogP contribution in [0.25, 0.3) is 0 Å². The number of Topliss-reactive ketones (excluding diaryl/α,β-unsaturated/α-hetero) is 1. The number of nitrogens with zero attached hydrogens (tertiary/aromatic N) is 1. The first kappa shape index (κ1) is 26.6. The van der Waals surface area contributed by atoms with Gasteiger partial charge in [0.2, 0.25) is 5.91 Å². The van der Waals surface area contributed by atoms with Crippen LogP contribution in [0.1, 0.15) is 41.5 Å². The highest BCUT2D eigenvalue weighted by Crippen LogP contribution is 2.31. The van der Waals surface area contributed by atoms with Gasteiger partial charge in [0.05, 0.1) is 18.6 Å². The number of aliphatic hydroxyl groups excluding tert-OH is 1. The van der Waals surface area contributed by atoms with Gasteiger partial charge < -0.3 is 27.6 Å². The second-order valence-electron chi connectivity index (χ2n) is 8.62. The van der Waals surface area contributed by atoms with Crippen molar-refractivity contribution in [2.45, 2.75) is 30.3 Å². The summed E-state index contributed by atoms with van der Waals surface area (Å²) in [6.45, 7) is -0.139. The molecule has 1 amide bonds. The van der Waals surface area contributed by atoms with Crippen molar-refractivity contribution in [3.05, 3.63) is 108 Å². The van der Waals surface area contributed by atoms with E-state index in [1.54, 1.807) is 24.3 Å². The molecule has 2 atom stereocenters. The van der Waals surface area contributed by atoms with Gasteiger partial charge in [0.25, 0.3) is 0 Å². The maximum Gasteiger partial charge on any atom is 0.248 e. The SMILES string of the molecule is NC(N)=NCCC[C@@](N)(C(=O)NC(CO)c1ccccc1)C(=O)C(c1ccccc1)c1ccccc1. The zero-order valence-electron chi connectivity index (χ0n) is 20.1. The van der Waals surface area contributed by atoms with Crippen LogP contribution in [-0.2, 0) is 9.59 Å². The number of amides is 1. The van der Waals surface area contributed by atoms with E-state index in [-0.39, 0.29) is 25.5 Å². The molecule has 0 aliphatic heterocycles. The Kier molecular flexibility index (Phi) is 9.32. The summed E-state index contributed by atoms with van der Waals surface area (Å²) in [4.78, 5) is 31.9. The minimum absolute atomic E-state index is 0.0115. The van der Waals surface area contributed by atoms with Crippen molar-refractivity contribution in [3.63, 3.8) is 0 Å². The van der Waals surface area contributed by atoms with Gasteiger partial charge in [-0.25, -0.2) is 0 Å². The minimum Gasteiger partial charge on any atom is -0.394 e. The number of ketones is 1. The average molecular weight is 488 g/mol. The number of aliphatic hydroxyl groups is 1. The molecular weight excluding hydrogens is 454 g/mol. The monoisotopic (exact) mass is 487 g/mol. The smallest absolute Gasteiger partial charge is 0.248 e. The van der Waals surface area contributed by atoms with Crippen molar-refractivity contribution < 1.29 is 14.7 Å². The number of carbonyl (C=O) groups excluding carboxylic acids is 2. The maximum atomic E-state index is 14.2. The Hall–Kier alpha value is -4.01. The molecular formula is C28H33N5O3. The van der Waals surface area contributed by atoms with Gasteiger partial charge in [0.1, 0.15) is 0 Å². The molecule has 3 aromatic rings. The fourth-order valence-electron chi connectivity index (χ4n) is 4.17. The molecule has 36 heavy (non-hydrogen) atoms. The number of aliphatic imine (C=N–C) groups is 1. The number of carbonyl (C=O) groups is 2. The molecule has 3 aromatic carbocycles. The summed E-state index contributed by atoms with van der Waals surface area (Å²) in [5.74, 6) is -1.97. The zero-order chi connectivity index (χ0) is 26.0. The summed E-state index contributed by atoms with van der Waals surface area (Å²) in [7, 11) is 0. The van der Waals surface area contributed by atoms with E-state index in [9.17, 15) is 14.7 Å². The Morgan fingerprint density at radius 3 is 1.75 bits per heavy atom. The molecule has 3 rings (SSSR count). The fourth-order valence-corrected chi connectivity index (χ4v) is 4.17. The van der Waals surface area contributed by atoms with E-state index in [0.29, 0.717) is 12.0 Å². The number of guanidine groups is 1. The van der Waals surface area contributed by atoms with E-state index in [1.807, 2.05) is 66.7 Å². The van der Waals surface area contributed by atoms with Crippen LogP contribution in [0, 0.1) is 0 Å².